The molecule has 21 heavy (non-hydrogen) atoms. The van der Waals surface area contributed by atoms with Gasteiger partial charge in [0.25, 0.3) is 5.91 Å². The molecule has 1 amide bonds. The van der Waals surface area contributed by atoms with Crippen LogP contribution in [-0.4, -0.2) is 17.6 Å². The number of hydrogen-bond acceptors (Lipinski definition) is 3. The van der Waals surface area contributed by atoms with Crippen LogP contribution in [0.4, 0.5) is 10.1 Å². The summed E-state index contributed by atoms with van der Waals surface area (Å²) in [6.45, 7) is 1.63. The van der Waals surface area contributed by atoms with E-state index in [1.165, 1.54) is 12.1 Å². The summed E-state index contributed by atoms with van der Waals surface area (Å²) >= 11 is 0. The maximum absolute atomic E-state index is 13.7. The van der Waals surface area contributed by atoms with Gasteiger partial charge in [0, 0.05) is 18.3 Å². The Morgan fingerprint density at radius 3 is 2.95 bits per heavy atom. The number of halogens is 1. The van der Waals surface area contributed by atoms with Crippen LogP contribution in [0.25, 0.3) is 0 Å². The van der Waals surface area contributed by atoms with E-state index in [-0.39, 0.29) is 11.3 Å². The lowest BCUT2D eigenvalue weighted by atomic mass is 9.99. The van der Waals surface area contributed by atoms with Crippen molar-refractivity contribution in [1.29, 1.82) is 0 Å². The van der Waals surface area contributed by atoms with Crippen LogP contribution in [-0.2, 0) is 13.0 Å². The van der Waals surface area contributed by atoms with Crippen molar-refractivity contribution in [3.05, 3.63) is 58.9 Å². The second-order valence-electron chi connectivity index (χ2n) is 4.99. The van der Waals surface area contributed by atoms with Crippen LogP contribution in [0.3, 0.4) is 0 Å². The third-order valence-electron chi connectivity index (χ3n) is 3.59. The van der Waals surface area contributed by atoms with Gasteiger partial charge in [0.15, 0.2) is 0 Å². The summed E-state index contributed by atoms with van der Waals surface area (Å²) in [6, 6.07) is 9.20. The molecule has 0 aromatic heterocycles. The van der Waals surface area contributed by atoms with Gasteiger partial charge >= 0.3 is 0 Å². The number of amides is 1. The molecule has 108 valence electrons. The van der Waals surface area contributed by atoms with Gasteiger partial charge in [-0.05, 0) is 42.3 Å². The largest absolute Gasteiger partial charge is 0.508 e. The Labute approximate surface area is 121 Å². The van der Waals surface area contributed by atoms with Crippen LogP contribution in [0, 0.1) is 5.82 Å². The number of phenols is 1. The second-order valence-corrected chi connectivity index (χ2v) is 4.99. The number of fused-ring (bicyclic) bond motifs is 1. The molecule has 2 aromatic carbocycles. The fraction of sp³-hybridized carbons (Fsp3) is 0.188. The first-order valence-electron chi connectivity index (χ1n) is 6.76. The molecule has 1 heterocycles. The second kappa shape index (κ2) is 5.54. The van der Waals surface area contributed by atoms with Gasteiger partial charge in [0.2, 0.25) is 0 Å². The molecule has 3 rings (SSSR count). The number of carbonyl (C=O) groups is 1. The van der Waals surface area contributed by atoms with Crippen molar-refractivity contribution in [3.63, 3.8) is 0 Å². The summed E-state index contributed by atoms with van der Waals surface area (Å²) in [5.74, 6) is -1.45. The van der Waals surface area contributed by atoms with Gasteiger partial charge in [-0.25, -0.2) is 4.39 Å². The zero-order valence-corrected chi connectivity index (χ0v) is 11.3. The van der Waals surface area contributed by atoms with E-state index < -0.39 is 11.7 Å². The zero-order valence-electron chi connectivity index (χ0n) is 11.3. The first-order chi connectivity index (χ1) is 10.1. The molecule has 0 radical (unpaired) electrons. The number of hydrogen-bond donors (Lipinski definition) is 3. The molecule has 4 nitrogen and oxygen atoms in total. The Hall–Kier alpha value is -2.40. The molecule has 0 saturated carbocycles. The number of aromatic hydroxyl groups is 1. The van der Waals surface area contributed by atoms with E-state index in [0.717, 1.165) is 36.7 Å². The first-order valence-corrected chi connectivity index (χ1v) is 6.76. The van der Waals surface area contributed by atoms with E-state index >= 15 is 0 Å². The molecule has 0 spiro atoms. The van der Waals surface area contributed by atoms with Gasteiger partial charge in [-0.15, -0.1) is 0 Å². The van der Waals surface area contributed by atoms with E-state index in [0.29, 0.717) is 5.69 Å². The monoisotopic (exact) mass is 286 g/mol. The van der Waals surface area contributed by atoms with Gasteiger partial charge in [0.1, 0.15) is 11.6 Å². The molecular formula is C16H15FN2O2. The van der Waals surface area contributed by atoms with Crippen molar-refractivity contribution in [2.45, 2.75) is 13.0 Å². The highest BCUT2D eigenvalue weighted by molar-refractivity contribution is 6.05. The van der Waals surface area contributed by atoms with E-state index in [4.69, 9.17) is 0 Å². The summed E-state index contributed by atoms with van der Waals surface area (Å²) in [5.41, 5.74) is 2.86. The third kappa shape index (κ3) is 2.73. The number of benzene rings is 2. The summed E-state index contributed by atoms with van der Waals surface area (Å²) < 4.78 is 13.7. The zero-order chi connectivity index (χ0) is 14.8. The van der Waals surface area contributed by atoms with Gasteiger partial charge in [0.05, 0.1) is 5.56 Å². The minimum atomic E-state index is -0.737. The predicted molar refractivity (Wildman–Crippen MR) is 77.9 cm³/mol. The van der Waals surface area contributed by atoms with Crippen molar-refractivity contribution < 1.29 is 14.3 Å². The maximum atomic E-state index is 13.7. The number of phenolic OH excluding ortho intramolecular Hbond substituents is 1. The van der Waals surface area contributed by atoms with Gasteiger partial charge < -0.3 is 15.7 Å². The maximum Gasteiger partial charge on any atom is 0.258 e. The molecule has 0 fully saturated rings. The summed E-state index contributed by atoms with van der Waals surface area (Å²) in [7, 11) is 0. The van der Waals surface area contributed by atoms with Crippen molar-refractivity contribution in [2.24, 2.45) is 0 Å². The molecule has 1 aliphatic rings. The van der Waals surface area contributed by atoms with E-state index in [1.807, 2.05) is 18.2 Å². The van der Waals surface area contributed by atoms with Crippen LogP contribution in [0.15, 0.2) is 36.4 Å². The van der Waals surface area contributed by atoms with Crippen molar-refractivity contribution >= 4 is 11.6 Å². The van der Waals surface area contributed by atoms with Crippen molar-refractivity contribution in [1.82, 2.24) is 5.32 Å². The number of rotatable bonds is 2. The molecule has 0 atom stereocenters. The Kier molecular flexibility index (Phi) is 3.58. The lowest BCUT2D eigenvalue weighted by Crippen LogP contribution is -2.25. The fourth-order valence-corrected chi connectivity index (χ4v) is 2.53. The molecule has 0 saturated heterocycles. The minimum absolute atomic E-state index is 0.0839. The highest BCUT2D eigenvalue weighted by Gasteiger charge is 2.17. The molecule has 0 bridgehead atoms. The summed E-state index contributed by atoms with van der Waals surface area (Å²) in [4.78, 5) is 12.2. The highest BCUT2D eigenvalue weighted by atomic mass is 19.1. The average molecular weight is 286 g/mol. The van der Waals surface area contributed by atoms with E-state index in [9.17, 15) is 14.3 Å². The number of anilines is 1. The molecule has 5 heteroatoms. The van der Waals surface area contributed by atoms with Crippen LogP contribution >= 0.6 is 0 Å². The number of nitrogens with one attached hydrogen (secondary N) is 2. The summed E-state index contributed by atoms with van der Waals surface area (Å²) in [5, 5.41) is 15.2. The topological polar surface area (TPSA) is 61.4 Å². The lowest BCUT2D eigenvalue weighted by Gasteiger charge is -2.20. The van der Waals surface area contributed by atoms with Crippen LogP contribution in [0.1, 0.15) is 21.5 Å². The van der Waals surface area contributed by atoms with Crippen LogP contribution < -0.4 is 10.6 Å². The van der Waals surface area contributed by atoms with Gasteiger partial charge in [-0.2, -0.15) is 0 Å². The number of carbonyl (C=O) groups excluding carboxylic acids is 1. The summed E-state index contributed by atoms with van der Waals surface area (Å²) in [6.07, 6.45) is 0.823. The van der Waals surface area contributed by atoms with Gasteiger partial charge in [-0.3, -0.25) is 4.79 Å². The fourth-order valence-electron chi connectivity index (χ4n) is 2.53. The third-order valence-corrected chi connectivity index (χ3v) is 3.59. The molecule has 2 aromatic rings. The van der Waals surface area contributed by atoms with E-state index in [1.54, 1.807) is 0 Å². The molecule has 3 N–H and O–H groups in total. The Morgan fingerprint density at radius 2 is 2.14 bits per heavy atom. The molecule has 0 unspecified atom stereocenters. The van der Waals surface area contributed by atoms with Gasteiger partial charge in [-0.1, -0.05) is 12.1 Å². The molecule has 1 aliphatic heterocycles. The Morgan fingerprint density at radius 1 is 1.29 bits per heavy atom. The van der Waals surface area contributed by atoms with Crippen LogP contribution in [0.5, 0.6) is 5.75 Å². The molecular weight excluding hydrogens is 271 g/mol. The first kappa shape index (κ1) is 13.6. The minimum Gasteiger partial charge on any atom is -0.508 e. The van der Waals surface area contributed by atoms with Crippen molar-refractivity contribution in [3.8, 4) is 5.75 Å². The lowest BCUT2D eigenvalue weighted by molar-refractivity contribution is 0.102. The smallest absolute Gasteiger partial charge is 0.258 e. The van der Waals surface area contributed by atoms with Crippen molar-refractivity contribution in [2.75, 3.05) is 11.9 Å². The molecule has 0 aliphatic carbocycles. The Balaban J connectivity index is 1.88. The SMILES string of the molecule is O=C(Nc1cccc2c1CCNC2)c1ccc(O)cc1F. The quantitative estimate of drug-likeness (QED) is 0.794. The average Bonchev–Trinajstić information content (AvgIpc) is 2.47. The standard InChI is InChI=1S/C16H15FN2O2/c17-14-8-11(20)4-5-13(14)16(21)19-15-3-1-2-10-9-18-7-6-12(10)15/h1-5,8,18,20H,6-7,9H2,(H,19,21). The van der Waals surface area contributed by atoms with Crippen LogP contribution in [0.2, 0.25) is 0 Å². The highest BCUT2D eigenvalue weighted by Crippen LogP contribution is 2.24. The Bertz CT molecular complexity index is 701. The van der Waals surface area contributed by atoms with E-state index in [2.05, 4.69) is 10.6 Å². The predicted octanol–water partition coefficient (Wildman–Crippen LogP) is 2.43. The normalized spacial score (nSPS) is 13.6.